The van der Waals surface area contributed by atoms with E-state index >= 15 is 0 Å². The molecule has 2 aromatic heterocycles. The van der Waals surface area contributed by atoms with Gasteiger partial charge in [-0.3, -0.25) is 0 Å². The van der Waals surface area contributed by atoms with Gasteiger partial charge in [0.2, 0.25) is 0 Å². The zero-order chi connectivity index (χ0) is 44.2. The van der Waals surface area contributed by atoms with Crippen molar-refractivity contribution in [2.45, 2.75) is 87.7 Å². The van der Waals surface area contributed by atoms with E-state index in [1.54, 1.807) is 46.9 Å². The molecule has 0 saturated carbocycles. The van der Waals surface area contributed by atoms with Crippen LogP contribution in [0.1, 0.15) is 55.3 Å². The zero-order valence-corrected chi connectivity index (χ0v) is 36.1. The van der Waals surface area contributed by atoms with E-state index in [0.29, 0.717) is 24.0 Å². The van der Waals surface area contributed by atoms with Gasteiger partial charge in [0.05, 0.1) is 13.2 Å². The van der Waals surface area contributed by atoms with Crippen molar-refractivity contribution < 1.29 is 64.6 Å². The maximum absolute atomic E-state index is 13.2. The summed E-state index contributed by atoms with van der Waals surface area (Å²) in [5, 5.41) is 80.0. The van der Waals surface area contributed by atoms with Crippen molar-refractivity contribution in [1.29, 1.82) is 0 Å². The van der Waals surface area contributed by atoms with Crippen LogP contribution < -0.4 is 0 Å². The highest BCUT2D eigenvalue weighted by molar-refractivity contribution is 7.15. The highest BCUT2D eigenvalue weighted by Gasteiger charge is 2.45. The van der Waals surface area contributed by atoms with Gasteiger partial charge in [-0.25, -0.2) is 8.78 Å². The highest BCUT2D eigenvalue weighted by Crippen LogP contribution is 2.37. The first kappa shape index (κ1) is 48.2. The third-order valence-electron chi connectivity index (χ3n) is 11.5. The maximum atomic E-state index is 13.2. The molecule has 10 atom stereocenters. The summed E-state index contributed by atoms with van der Waals surface area (Å²) in [7, 11) is 0. The van der Waals surface area contributed by atoms with Gasteiger partial charge in [-0.15, -0.1) is 22.7 Å². The second-order valence-electron chi connectivity index (χ2n) is 15.8. The molecule has 0 aliphatic carbocycles. The Morgan fingerprint density at radius 2 is 0.841 bits per heavy atom. The molecule has 10 N–H and O–H groups in total. The molecule has 0 amide bonds. The molecule has 336 valence electrons. The van der Waals surface area contributed by atoms with Crippen molar-refractivity contribution in [3.63, 3.8) is 0 Å². The molecule has 15 heteroatoms. The molecule has 2 saturated heterocycles. The molecule has 0 spiro atoms. The molecule has 11 nitrogen and oxygen atoms in total. The Balaban J connectivity index is 0.000000206. The Bertz CT molecular complexity index is 2240. The van der Waals surface area contributed by atoms with Crippen molar-refractivity contribution in [1.82, 2.24) is 0 Å². The molecule has 8 rings (SSSR count). The van der Waals surface area contributed by atoms with E-state index in [0.717, 1.165) is 52.9 Å². The minimum Gasteiger partial charge on any atom is -0.412 e. The molecule has 0 bridgehead atoms. The summed E-state index contributed by atoms with van der Waals surface area (Å²) in [5.74, 6) is -0.526. The minimum absolute atomic E-state index is 0. The number of rotatable bonds is 10. The fourth-order valence-electron chi connectivity index (χ4n) is 7.73. The molecule has 2 aliphatic rings. The molecule has 4 heterocycles. The average molecular weight is 907 g/mol. The number of hydrogen-bond donors (Lipinski definition) is 8. The third kappa shape index (κ3) is 11.0. The summed E-state index contributed by atoms with van der Waals surface area (Å²) < 4.78 is 37.8. The van der Waals surface area contributed by atoms with Crippen molar-refractivity contribution in [3.8, 4) is 20.9 Å². The number of aliphatic hydroxyl groups is 8. The maximum Gasteiger partial charge on any atom is 0.123 e. The molecular weight excluding hydrogens is 855 g/mol. The third-order valence-corrected chi connectivity index (χ3v) is 13.8. The monoisotopic (exact) mass is 906 g/mol. The Kier molecular flexibility index (Phi) is 16.2. The molecule has 0 radical (unpaired) electrons. The van der Waals surface area contributed by atoms with Gasteiger partial charge < -0.3 is 55.8 Å². The highest BCUT2D eigenvalue weighted by atomic mass is 32.1. The van der Waals surface area contributed by atoms with E-state index in [-0.39, 0.29) is 17.1 Å². The van der Waals surface area contributed by atoms with Gasteiger partial charge in [0, 0.05) is 32.4 Å². The van der Waals surface area contributed by atoms with E-state index in [2.05, 4.69) is 0 Å². The quantitative estimate of drug-likeness (QED) is 0.0911. The normalized spacial score (nSPS) is 25.8. The van der Waals surface area contributed by atoms with Crippen LogP contribution in [0.15, 0.2) is 109 Å². The Labute approximate surface area is 371 Å². The second kappa shape index (κ2) is 21.1. The number of hydrogen-bond acceptors (Lipinski definition) is 12. The van der Waals surface area contributed by atoms with E-state index in [1.807, 2.05) is 74.5 Å². The van der Waals surface area contributed by atoms with Crippen LogP contribution in [-0.4, -0.2) is 108 Å². The Morgan fingerprint density at radius 3 is 1.19 bits per heavy atom. The van der Waals surface area contributed by atoms with Crippen LogP contribution in [0.3, 0.4) is 0 Å². The van der Waals surface area contributed by atoms with Crippen LogP contribution in [0.25, 0.3) is 20.9 Å². The number of ether oxygens (including phenoxy) is 2. The fourth-order valence-corrected chi connectivity index (χ4v) is 9.80. The predicted octanol–water partition coefficient (Wildman–Crippen LogP) is 5.11. The van der Waals surface area contributed by atoms with E-state index in [4.69, 9.17) is 9.47 Å². The second-order valence-corrected chi connectivity index (χ2v) is 18.1. The average Bonchev–Trinajstić information content (AvgIpc) is 3.95. The molecule has 2 aliphatic heterocycles. The van der Waals surface area contributed by atoms with Gasteiger partial charge in [-0.05, 0) is 107 Å². The van der Waals surface area contributed by atoms with Crippen molar-refractivity contribution in [3.05, 3.63) is 164 Å². The van der Waals surface area contributed by atoms with Crippen LogP contribution in [0.4, 0.5) is 8.78 Å². The minimum atomic E-state index is -1.41. The number of aliphatic hydroxyl groups excluding tert-OH is 8. The van der Waals surface area contributed by atoms with Gasteiger partial charge in [0.1, 0.15) is 72.7 Å². The predicted molar refractivity (Wildman–Crippen MR) is 236 cm³/mol. The van der Waals surface area contributed by atoms with E-state index in [1.165, 1.54) is 24.3 Å². The molecule has 6 aromatic rings. The number of thiophene rings is 2. The molecule has 4 aromatic carbocycles. The van der Waals surface area contributed by atoms with Crippen molar-refractivity contribution in [2.24, 2.45) is 0 Å². The Hall–Kier alpha value is -4.30. The molecule has 2 fully saturated rings. The van der Waals surface area contributed by atoms with E-state index in [9.17, 15) is 49.6 Å². The molecular formula is C48H52F2O11S2. The zero-order valence-electron chi connectivity index (χ0n) is 34.5. The summed E-state index contributed by atoms with van der Waals surface area (Å²) in [6, 6.07) is 32.3. The summed E-state index contributed by atoms with van der Waals surface area (Å²) >= 11 is 3.27. The van der Waals surface area contributed by atoms with Crippen LogP contribution >= 0.6 is 22.7 Å². The van der Waals surface area contributed by atoms with Gasteiger partial charge in [-0.2, -0.15) is 0 Å². The van der Waals surface area contributed by atoms with Crippen molar-refractivity contribution in [2.75, 3.05) is 13.2 Å². The summed E-state index contributed by atoms with van der Waals surface area (Å²) in [6.07, 6.45) is -10.4. The number of halogens is 2. The summed E-state index contributed by atoms with van der Waals surface area (Å²) in [4.78, 5) is 4.37. The standard InChI is InChI=1S/2C24H25FO5S.H2O/c2*1-13-2-3-15(24-23(29)22(28)21(27)19(12-26)30-24)10-16(13)11-18-8-9-20(31-18)14-4-6-17(25)7-5-14;/h2*2-10,19,21-24,26-29H,11-12H2,1H3;1H2/t2*19-,21-,22+,23-,24+;/m11./s1. The molecule has 0 unspecified atom stereocenters. The lowest BCUT2D eigenvalue weighted by Gasteiger charge is -2.40. The van der Waals surface area contributed by atoms with Gasteiger partial charge in [0.15, 0.2) is 0 Å². The lowest BCUT2D eigenvalue weighted by molar-refractivity contribution is -0.231. The van der Waals surface area contributed by atoms with Crippen LogP contribution in [-0.2, 0) is 22.3 Å². The first-order valence-corrected chi connectivity index (χ1v) is 21.9. The topological polar surface area (TPSA) is 212 Å². The first-order valence-electron chi connectivity index (χ1n) is 20.2. The summed E-state index contributed by atoms with van der Waals surface area (Å²) in [6.45, 7) is 3.09. The van der Waals surface area contributed by atoms with Crippen LogP contribution in [0.5, 0.6) is 0 Å². The van der Waals surface area contributed by atoms with Crippen LogP contribution in [0, 0.1) is 25.5 Å². The largest absolute Gasteiger partial charge is 0.412 e. The molecule has 63 heavy (non-hydrogen) atoms. The lowest BCUT2D eigenvalue weighted by Crippen LogP contribution is -2.55. The van der Waals surface area contributed by atoms with Crippen LogP contribution in [0.2, 0.25) is 0 Å². The van der Waals surface area contributed by atoms with Gasteiger partial charge in [-0.1, -0.05) is 60.7 Å². The van der Waals surface area contributed by atoms with Crippen molar-refractivity contribution >= 4 is 22.7 Å². The number of benzene rings is 4. The Morgan fingerprint density at radius 1 is 0.476 bits per heavy atom. The summed E-state index contributed by atoms with van der Waals surface area (Å²) in [5.41, 5.74) is 7.51. The fraction of sp³-hybridized carbons (Fsp3) is 0.333. The SMILES string of the molecule is Cc1ccc([C@@H]2O[C@H](CO)[C@@H](O)[C@H](O)[C@H]2O)cc1Cc1ccc(-c2ccc(F)cc2)s1.Cc1ccc([C@@H]2O[C@H](CO)[C@@H](O)[C@H](O)[C@H]2O)cc1Cc1ccc(-c2ccc(F)cc2)s1.O. The smallest absolute Gasteiger partial charge is 0.123 e. The number of aryl methyl sites for hydroxylation is 2. The van der Waals surface area contributed by atoms with Gasteiger partial charge in [0.25, 0.3) is 0 Å². The lowest BCUT2D eigenvalue weighted by atomic mass is 9.89. The van der Waals surface area contributed by atoms with Gasteiger partial charge >= 0.3 is 0 Å². The first-order chi connectivity index (χ1) is 29.7. The van der Waals surface area contributed by atoms with E-state index < -0.39 is 74.3 Å².